The smallest absolute Gasteiger partial charge is 0.387 e. The van der Waals surface area contributed by atoms with Crippen molar-refractivity contribution >= 4 is 35.6 Å². The highest BCUT2D eigenvalue weighted by Crippen LogP contribution is 2.66. The average molecular weight is 527 g/mol. The Kier molecular flexibility index (Phi) is 7.15. The SMILES string of the molecule is NC1N=CN=C2N([C@@H]3O[C@H](COP(=O)(O)OP(=O)(O)OP(=O)(O)O)[C@@H](O)[C@H]3O)CN[C@@]21O. The third kappa shape index (κ3) is 5.51. The highest BCUT2D eigenvalue weighted by molar-refractivity contribution is 7.66. The van der Waals surface area contributed by atoms with Gasteiger partial charge < -0.3 is 50.3 Å². The Labute approximate surface area is 178 Å². The molecule has 184 valence electrons. The number of aliphatic hydroxyl groups is 3. The first kappa shape index (κ1) is 25.9. The van der Waals surface area contributed by atoms with Crippen LogP contribution < -0.4 is 11.1 Å². The van der Waals surface area contributed by atoms with E-state index in [4.69, 9.17) is 25.2 Å². The van der Waals surface area contributed by atoms with Crippen LogP contribution in [0.1, 0.15) is 0 Å². The summed E-state index contributed by atoms with van der Waals surface area (Å²) in [6.07, 6.45) is -6.28. The van der Waals surface area contributed by atoms with E-state index in [0.29, 0.717) is 0 Å². The number of phosphoric ester groups is 1. The predicted molar refractivity (Wildman–Crippen MR) is 99.2 cm³/mol. The number of nitrogens with zero attached hydrogens (tertiary/aromatic N) is 3. The minimum absolute atomic E-state index is 0.0789. The third-order valence-electron chi connectivity index (χ3n) is 4.43. The predicted octanol–water partition coefficient (Wildman–Crippen LogP) is -3.95. The average Bonchev–Trinajstić information content (AvgIpc) is 3.10. The minimum Gasteiger partial charge on any atom is -0.387 e. The lowest BCUT2D eigenvalue weighted by molar-refractivity contribution is -0.0688. The van der Waals surface area contributed by atoms with Crippen molar-refractivity contribution in [3.8, 4) is 0 Å². The van der Waals surface area contributed by atoms with Gasteiger partial charge in [-0.15, -0.1) is 0 Å². The summed E-state index contributed by atoms with van der Waals surface area (Å²) < 4.78 is 50.7. The van der Waals surface area contributed by atoms with Gasteiger partial charge in [0.05, 0.1) is 13.3 Å². The maximum atomic E-state index is 11.8. The number of rotatable bonds is 8. The first-order valence-corrected chi connectivity index (χ1v) is 13.0. The van der Waals surface area contributed by atoms with Gasteiger partial charge in [-0.25, -0.2) is 23.7 Å². The van der Waals surface area contributed by atoms with Crippen LogP contribution in [0.4, 0.5) is 0 Å². The van der Waals surface area contributed by atoms with Gasteiger partial charge in [0, 0.05) is 0 Å². The maximum Gasteiger partial charge on any atom is 0.490 e. The second kappa shape index (κ2) is 8.83. The van der Waals surface area contributed by atoms with E-state index in [2.05, 4.69) is 28.4 Å². The molecule has 0 aromatic carbocycles. The summed E-state index contributed by atoms with van der Waals surface area (Å²) in [5.41, 5.74) is 3.84. The Morgan fingerprint density at radius 2 is 1.84 bits per heavy atom. The monoisotopic (exact) mass is 527 g/mol. The van der Waals surface area contributed by atoms with Crippen molar-refractivity contribution in [3.05, 3.63) is 0 Å². The lowest BCUT2D eigenvalue weighted by Gasteiger charge is -2.33. The summed E-state index contributed by atoms with van der Waals surface area (Å²) in [4.78, 5) is 44.5. The minimum atomic E-state index is -5.72. The Hall–Kier alpha value is -0.690. The van der Waals surface area contributed by atoms with E-state index in [1.807, 2.05) is 0 Å². The zero-order valence-electron chi connectivity index (χ0n) is 15.6. The van der Waals surface area contributed by atoms with Crippen molar-refractivity contribution in [1.82, 2.24) is 10.2 Å². The number of amidine groups is 1. The molecule has 2 fully saturated rings. The van der Waals surface area contributed by atoms with E-state index >= 15 is 0 Å². The number of phosphoric acid groups is 3. The first-order chi connectivity index (χ1) is 14.5. The number of aliphatic imine (C=N–C) groups is 2. The van der Waals surface area contributed by atoms with Crippen molar-refractivity contribution in [3.63, 3.8) is 0 Å². The number of hydrogen-bond acceptors (Lipinski definition) is 15. The van der Waals surface area contributed by atoms with Crippen molar-refractivity contribution in [1.29, 1.82) is 0 Å². The van der Waals surface area contributed by atoms with Crippen molar-refractivity contribution in [2.45, 2.75) is 36.4 Å². The second-order valence-electron chi connectivity index (χ2n) is 6.67. The molecular formula is C10H20N5O14P3. The van der Waals surface area contributed by atoms with Gasteiger partial charge >= 0.3 is 23.5 Å². The third-order valence-corrected chi connectivity index (χ3v) is 8.23. The van der Waals surface area contributed by atoms with Crippen LogP contribution in [0, 0.1) is 0 Å². The molecule has 0 bridgehead atoms. The fourth-order valence-corrected chi connectivity index (χ4v) is 6.09. The molecule has 0 aliphatic carbocycles. The van der Waals surface area contributed by atoms with Crippen LogP contribution in [-0.2, 0) is 31.6 Å². The molecule has 3 aliphatic heterocycles. The molecule has 0 aromatic rings. The fraction of sp³-hybridized carbons (Fsp3) is 0.800. The topological polar surface area (TPSA) is 296 Å². The number of hydrogen-bond donors (Lipinski definition) is 9. The zero-order chi connectivity index (χ0) is 24.1. The van der Waals surface area contributed by atoms with Crippen LogP contribution >= 0.6 is 23.5 Å². The van der Waals surface area contributed by atoms with E-state index in [9.17, 15) is 33.9 Å². The van der Waals surface area contributed by atoms with Crippen molar-refractivity contribution in [2.75, 3.05) is 13.3 Å². The van der Waals surface area contributed by atoms with Crippen LogP contribution in [0.15, 0.2) is 9.98 Å². The summed E-state index contributed by atoms with van der Waals surface area (Å²) in [5.74, 6) is -0.0789. The molecule has 22 heteroatoms. The zero-order valence-corrected chi connectivity index (χ0v) is 18.3. The number of nitrogens with one attached hydrogen (secondary N) is 1. The van der Waals surface area contributed by atoms with Gasteiger partial charge in [-0.3, -0.25) is 9.84 Å². The normalized spacial score (nSPS) is 38.8. The summed E-state index contributed by atoms with van der Waals surface area (Å²) in [7, 11) is -16.7. The molecule has 2 saturated heterocycles. The first-order valence-electron chi connectivity index (χ1n) is 8.44. The molecule has 10 N–H and O–H groups in total. The van der Waals surface area contributed by atoms with Gasteiger partial charge in [0.15, 0.2) is 12.1 Å². The van der Waals surface area contributed by atoms with Crippen molar-refractivity contribution in [2.24, 2.45) is 15.7 Å². The molecule has 19 nitrogen and oxygen atoms in total. The van der Waals surface area contributed by atoms with Crippen molar-refractivity contribution < 1.29 is 66.5 Å². The van der Waals surface area contributed by atoms with E-state index in [0.717, 1.165) is 6.34 Å². The van der Waals surface area contributed by atoms with Crippen LogP contribution in [0.25, 0.3) is 0 Å². The summed E-state index contributed by atoms with van der Waals surface area (Å²) in [6.45, 7) is -1.14. The van der Waals surface area contributed by atoms with Gasteiger partial charge in [0.2, 0.25) is 5.72 Å². The highest BCUT2D eigenvalue weighted by Gasteiger charge is 2.56. The molecule has 0 amide bonds. The molecule has 0 saturated carbocycles. The Morgan fingerprint density at radius 1 is 1.19 bits per heavy atom. The summed E-state index contributed by atoms with van der Waals surface area (Å²) >= 11 is 0. The Balaban J connectivity index is 1.64. The lowest BCUT2D eigenvalue weighted by Crippen LogP contribution is -2.61. The number of nitrogens with two attached hydrogens (primary N) is 1. The van der Waals surface area contributed by atoms with Crippen LogP contribution in [0.3, 0.4) is 0 Å². The van der Waals surface area contributed by atoms with Gasteiger partial charge in [-0.05, 0) is 0 Å². The summed E-state index contributed by atoms with van der Waals surface area (Å²) in [5, 5.41) is 33.7. The lowest BCUT2D eigenvalue weighted by atomic mass is 10.1. The van der Waals surface area contributed by atoms with Gasteiger partial charge in [-0.2, -0.15) is 8.62 Å². The molecule has 3 unspecified atom stereocenters. The van der Waals surface area contributed by atoms with Gasteiger partial charge in [-0.1, -0.05) is 0 Å². The molecule has 0 spiro atoms. The molecule has 3 aliphatic rings. The van der Waals surface area contributed by atoms with E-state index < -0.39 is 66.5 Å². The highest BCUT2D eigenvalue weighted by atomic mass is 31.3. The molecule has 8 atom stereocenters. The molecular weight excluding hydrogens is 507 g/mol. The van der Waals surface area contributed by atoms with Gasteiger partial charge in [0.1, 0.15) is 30.8 Å². The van der Waals surface area contributed by atoms with Gasteiger partial charge in [0.25, 0.3) is 0 Å². The fourth-order valence-electron chi connectivity index (χ4n) is 3.06. The standard InChI is InChI=1S/C10H20N5O14P3/c11-8-10(18)9(13-2-12-8)15(3-14-10)7-6(17)5(16)4(27-7)1-26-31(22,23)29-32(24,25)28-30(19,20)21/h2,4-8,14,16-18H,1,3,11H2,(H,22,23)(H,24,25)(H2,19,20,21)/t4-,5-,6-,7-,8?,10+/m1/s1. The molecule has 0 radical (unpaired) electrons. The Bertz CT molecular complexity index is 942. The van der Waals surface area contributed by atoms with Crippen LogP contribution in [0.2, 0.25) is 0 Å². The number of aliphatic hydroxyl groups excluding tert-OH is 2. The van der Waals surface area contributed by atoms with Crippen LogP contribution in [-0.4, -0.2) is 102 Å². The molecule has 3 heterocycles. The number of fused-ring (bicyclic) bond motifs is 1. The summed E-state index contributed by atoms with van der Waals surface area (Å²) in [6, 6.07) is 0. The van der Waals surface area contributed by atoms with Crippen LogP contribution in [0.5, 0.6) is 0 Å². The van der Waals surface area contributed by atoms with E-state index in [1.54, 1.807) is 0 Å². The second-order valence-corrected chi connectivity index (χ2v) is 11.1. The molecule has 0 aromatic heterocycles. The number of ether oxygens (including phenoxy) is 1. The maximum absolute atomic E-state index is 11.8. The molecule has 3 rings (SSSR count). The largest absolute Gasteiger partial charge is 0.490 e. The Morgan fingerprint density at radius 3 is 2.47 bits per heavy atom. The quantitative estimate of drug-likeness (QED) is 0.136. The van der Waals surface area contributed by atoms with E-state index in [-0.39, 0.29) is 12.5 Å². The molecule has 32 heavy (non-hydrogen) atoms. The van der Waals surface area contributed by atoms with E-state index in [1.165, 1.54) is 4.90 Å².